The zero-order chi connectivity index (χ0) is 13.8. The van der Waals surface area contributed by atoms with Crippen molar-refractivity contribution in [1.29, 1.82) is 0 Å². The van der Waals surface area contributed by atoms with Crippen molar-refractivity contribution in [3.05, 3.63) is 69.7 Å². The molecule has 98 valence electrons. The highest BCUT2D eigenvalue weighted by atomic mass is 79.9. The van der Waals surface area contributed by atoms with Crippen LogP contribution in [0, 0.1) is 11.6 Å². The Balaban J connectivity index is 2.04. The van der Waals surface area contributed by atoms with Crippen molar-refractivity contribution in [2.75, 3.05) is 0 Å². The molecular weight excluding hydrogens is 316 g/mol. The molecule has 2 nitrogen and oxygen atoms in total. The maximum absolute atomic E-state index is 13.5. The number of benzene rings is 2. The third-order valence-corrected chi connectivity index (χ3v) is 3.03. The van der Waals surface area contributed by atoms with Crippen LogP contribution in [-0.2, 0) is 6.54 Å². The van der Waals surface area contributed by atoms with E-state index in [1.807, 2.05) is 0 Å². The number of amides is 1. The molecule has 0 radical (unpaired) electrons. The Kier molecular flexibility index (Phi) is 4.27. The van der Waals surface area contributed by atoms with E-state index in [0.717, 1.165) is 6.07 Å². The van der Waals surface area contributed by atoms with E-state index < -0.39 is 17.5 Å². The number of hydrogen-bond donors (Lipinski definition) is 1. The first kappa shape index (κ1) is 13.7. The Morgan fingerprint density at radius 1 is 1.16 bits per heavy atom. The van der Waals surface area contributed by atoms with Gasteiger partial charge in [-0.1, -0.05) is 28.1 Å². The molecule has 0 bridgehead atoms. The molecule has 2 aromatic carbocycles. The SMILES string of the molecule is O=C(NCc1ccc(Br)cc1F)c1cccc(F)c1. The predicted octanol–water partition coefficient (Wildman–Crippen LogP) is 3.66. The van der Waals surface area contributed by atoms with Gasteiger partial charge >= 0.3 is 0 Å². The summed E-state index contributed by atoms with van der Waals surface area (Å²) in [6.45, 7) is 0.0501. The summed E-state index contributed by atoms with van der Waals surface area (Å²) < 4.78 is 27.1. The lowest BCUT2D eigenvalue weighted by molar-refractivity contribution is 0.0950. The van der Waals surface area contributed by atoms with E-state index in [0.29, 0.717) is 10.0 Å². The van der Waals surface area contributed by atoms with E-state index in [2.05, 4.69) is 21.2 Å². The summed E-state index contributed by atoms with van der Waals surface area (Å²) >= 11 is 3.15. The lowest BCUT2D eigenvalue weighted by atomic mass is 10.2. The molecule has 0 unspecified atom stereocenters. The van der Waals surface area contributed by atoms with Gasteiger partial charge in [0.05, 0.1) is 0 Å². The van der Waals surface area contributed by atoms with Crippen LogP contribution in [0.5, 0.6) is 0 Å². The molecule has 1 amide bonds. The molecule has 0 fully saturated rings. The van der Waals surface area contributed by atoms with Gasteiger partial charge < -0.3 is 5.32 Å². The van der Waals surface area contributed by atoms with Crippen LogP contribution in [0.2, 0.25) is 0 Å². The largest absolute Gasteiger partial charge is 0.348 e. The van der Waals surface area contributed by atoms with Crippen LogP contribution < -0.4 is 5.32 Å². The molecule has 0 spiro atoms. The number of nitrogens with one attached hydrogen (secondary N) is 1. The summed E-state index contributed by atoms with van der Waals surface area (Å²) in [4.78, 5) is 11.7. The lowest BCUT2D eigenvalue weighted by Gasteiger charge is -2.07. The molecule has 0 atom stereocenters. The summed E-state index contributed by atoms with van der Waals surface area (Å²) in [5.41, 5.74) is 0.575. The Hall–Kier alpha value is -1.75. The zero-order valence-corrected chi connectivity index (χ0v) is 11.4. The van der Waals surface area contributed by atoms with Crippen LogP contribution in [0.25, 0.3) is 0 Å². The molecule has 0 saturated heterocycles. The van der Waals surface area contributed by atoms with Gasteiger partial charge in [0.2, 0.25) is 0 Å². The molecule has 5 heteroatoms. The average Bonchev–Trinajstić information content (AvgIpc) is 2.37. The first-order chi connectivity index (χ1) is 9.06. The Morgan fingerprint density at radius 2 is 1.95 bits per heavy atom. The van der Waals surface area contributed by atoms with Crippen LogP contribution >= 0.6 is 15.9 Å². The van der Waals surface area contributed by atoms with E-state index >= 15 is 0 Å². The van der Waals surface area contributed by atoms with E-state index in [4.69, 9.17) is 0 Å². The summed E-state index contributed by atoms with van der Waals surface area (Å²) in [5, 5.41) is 2.54. The molecule has 0 aliphatic carbocycles. The van der Waals surface area contributed by atoms with E-state index in [1.165, 1.54) is 24.3 Å². The van der Waals surface area contributed by atoms with E-state index in [1.54, 1.807) is 12.1 Å². The first-order valence-corrected chi connectivity index (χ1v) is 6.33. The Morgan fingerprint density at radius 3 is 2.63 bits per heavy atom. The highest BCUT2D eigenvalue weighted by Crippen LogP contribution is 2.15. The van der Waals surface area contributed by atoms with Crippen LogP contribution in [0.15, 0.2) is 46.9 Å². The van der Waals surface area contributed by atoms with Gasteiger partial charge in [0.1, 0.15) is 11.6 Å². The molecule has 0 aliphatic rings. The molecular formula is C14H10BrF2NO. The monoisotopic (exact) mass is 325 g/mol. The van der Waals surface area contributed by atoms with Gasteiger partial charge in [-0.15, -0.1) is 0 Å². The van der Waals surface area contributed by atoms with Gasteiger partial charge in [0, 0.05) is 22.1 Å². The van der Waals surface area contributed by atoms with Crippen molar-refractivity contribution < 1.29 is 13.6 Å². The summed E-state index contributed by atoms with van der Waals surface area (Å²) in [5.74, 6) is -1.33. The van der Waals surface area contributed by atoms with Crippen LogP contribution in [0.3, 0.4) is 0 Å². The lowest BCUT2D eigenvalue weighted by Crippen LogP contribution is -2.23. The van der Waals surface area contributed by atoms with Gasteiger partial charge in [-0.25, -0.2) is 8.78 Å². The quantitative estimate of drug-likeness (QED) is 0.916. The van der Waals surface area contributed by atoms with Crippen molar-refractivity contribution >= 4 is 21.8 Å². The van der Waals surface area contributed by atoms with Gasteiger partial charge in [-0.2, -0.15) is 0 Å². The highest BCUT2D eigenvalue weighted by molar-refractivity contribution is 9.10. The minimum Gasteiger partial charge on any atom is -0.348 e. The zero-order valence-electron chi connectivity index (χ0n) is 9.79. The summed E-state index contributed by atoms with van der Waals surface area (Å²) in [7, 11) is 0. The van der Waals surface area contributed by atoms with Crippen molar-refractivity contribution in [3.8, 4) is 0 Å². The maximum Gasteiger partial charge on any atom is 0.251 e. The second kappa shape index (κ2) is 5.93. The first-order valence-electron chi connectivity index (χ1n) is 5.54. The second-order valence-electron chi connectivity index (χ2n) is 3.93. The molecule has 0 heterocycles. The number of carbonyl (C=O) groups excluding carboxylic acids is 1. The highest BCUT2D eigenvalue weighted by Gasteiger charge is 2.08. The molecule has 19 heavy (non-hydrogen) atoms. The standard InChI is InChI=1S/C14H10BrF2NO/c15-11-5-4-10(13(17)7-11)8-18-14(19)9-2-1-3-12(16)6-9/h1-7H,8H2,(H,18,19). The maximum atomic E-state index is 13.5. The summed E-state index contributed by atoms with van der Waals surface area (Å²) in [6, 6.07) is 9.92. The molecule has 0 aliphatic heterocycles. The minimum atomic E-state index is -0.484. The van der Waals surface area contributed by atoms with Crippen LogP contribution in [-0.4, -0.2) is 5.91 Å². The fraction of sp³-hybridized carbons (Fsp3) is 0.0714. The average molecular weight is 326 g/mol. The van der Waals surface area contributed by atoms with Gasteiger partial charge in [0.15, 0.2) is 0 Å². The van der Waals surface area contributed by atoms with Crippen molar-refractivity contribution in [2.24, 2.45) is 0 Å². The van der Waals surface area contributed by atoms with Crippen molar-refractivity contribution in [2.45, 2.75) is 6.54 Å². The second-order valence-corrected chi connectivity index (χ2v) is 4.84. The van der Waals surface area contributed by atoms with Crippen LogP contribution in [0.1, 0.15) is 15.9 Å². The van der Waals surface area contributed by atoms with Gasteiger partial charge in [0.25, 0.3) is 5.91 Å². The molecule has 2 aromatic rings. The fourth-order valence-corrected chi connectivity index (χ4v) is 1.91. The van der Waals surface area contributed by atoms with Crippen LogP contribution in [0.4, 0.5) is 8.78 Å². The van der Waals surface area contributed by atoms with E-state index in [-0.39, 0.29) is 12.1 Å². The van der Waals surface area contributed by atoms with Crippen molar-refractivity contribution in [3.63, 3.8) is 0 Å². The Bertz CT molecular complexity index is 616. The Labute approximate surface area is 117 Å². The molecule has 1 N–H and O–H groups in total. The number of hydrogen-bond acceptors (Lipinski definition) is 1. The van der Waals surface area contributed by atoms with Gasteiger partial charge in [-0.05, 0) is 30.3 Å². The third-order valence-electron chi connectivity index (χ3n) is 2.54. The fourth-order valence-electron chi connectivity index (χ4n) is 1.57. The minimum absolute atomic E-state index is 0.0501. The van der Waals surface area contributed by atoms with E-state index in [9.17, 15) is 13.6 Å². The van der Waals surface area contributed by atoms with Crippen molar-refractivity contribution in [1.82, 2.24) is 5.32 Å². The topological polar surface area (TPSA) is 29.1 Å². The molecule has 0 aromatic heterocycles. The van der Waals surface area contributed by atoms with Gasteiger partial charge in [-0.3, -0.25) is 4.79 Å². The summed E-state index contributed by atoms with van der Waals surface area (Å²) in [6.07, 6.45) is 0. The number of rotatable bonds is 3. The smallest absolute Gasteiger partial charge is 0.251 e. The number of carbonyl (C=O) groups is 1. The number of halogens is 3. The normalized spacial score (nSPS) is 10.3. The molecule has 0 saturated carbocycles. The predicted molar refractivity (Wildman–Crippen MR) is 71.7 cm³/mol. The molecule has 2 rings (SSSR count). The third kappa shape index (κ3) is 3.61.